The van der Waals surface area contributed by atoms with Crippen molar-refractivity contribution in [1.29, 1.82) is 0 Å². The summed E-state index contributed by atoms with van der Waals surface area (Å²) in [6, 6.07) is 7.54. The second kappa shape index (κ2) is 7.44. The number of hydrogen-bond donors (Lipinski definition) is 2. The summed E-state index contributed by atoms with van der Waals surface area (Å²) in [5.74, 6) is 0.856. The lowest BCUT2D eigenvalue weighted by Crippen LogP contribution is -2.24. The van der Waals surface area contributed by atoms with Crippen molar-refractivity contribution in [2.45, 2.75) is 25.8 Å². The molecule has 1 aliphatic rings. The fourth-order valence-electron chi connectivity index (χ4n) is 2.17. The number of carbonyl (C=O) groups excluding carboxylic acids is 2. The summed E-state index contributed by atoms with van der Waals surface area (Å²) in [6.07, 6.45) is 2.11. The number of methoxy groups -OCH3 is 1. The predicted octanol–water partition coefficient (Wildman–Crippen LogP) is 2.36. The molecule has 3 rings (SSSR count). The fourth-order valence-corrected chi connectivity index (χ4v) is 2.88. The highest BCUT2D eigenvalue weighted by atomic mass is 32.1. The quantitative estimate of drug-likeness (QED) is 0.807. The van der Waals surface area contributed by atoms with Crippen LogP contribution >= 0.6 is 11.3 Å². The third-order valence-electron chi connectivity index (χ3n) is 3.72. The van der Waals surface area contributed by atoms with Crippen molar-refractivity contribution in [2.24, 2.45) is 5.92 Å². The topological polar surface area (TPSA) is 80.3 Å². The van der Waals surface area contributed by atoms with E-state index in [1.54, 1.807) is 12.5 Å². The standard InChI is InChI=1S/C17H19N3O3S/c1-23-14-6-2-11(3-7-14)9-18-15(21)8-13-10-24-17(19-13)20-16(22)12-4-5-12/h2-3,6-7,10,12H,4-5,8-9H2,1H3,(H,18,21)(H,19,20,22). The maximum Gasteiger partial charge on any atom is 0.229 e. The van der Waals surface area contributed by atoms with Gasteiger partial charge in [-0.25, -0.2) is 4.98 Å². The van der Waals surface area contributed by atoms with Crippen LogP contribution in [0.4, 0.5) is 5.13 Å². The fraction of sp³-hybridized carbons (Fsp3) is 0.353. The Morgan fingerprint density at radius 1 is 1.29 bits per heavy atom. The van der Waals surface area contributed by atoms with Crippen LogP contribution in [0.15, 0.2) is 29.6 Å². The molecule has 0 unspecified atom stereocenters. The van der Waals surface area contributed by atoms with E-state index in [0.29, 0.717) is 17.4 Å². The van der Waals surface area contributed by atoms with Crippen LogP contribution in [0, 0.1) is 5.92 Å². The zero-order valence-electron chi connectivity index (χ0n) is 13.4. The van der Waals surface area contributed by atoms with Gasteiger partial charge >= 0.3 is 0 Å². The Balaban J connectivity index is 1.45. The van der Waals surface area contributed by atoms with Gasteiger partial charge in [0.2, 0.25) is 11.8 Å². The normalized spacial score (nSPS) is 13.4. The summed E-state index contributed by atoms with van der Waals surface area (Å²) in [4.78, 5) is 28.0. The van der Waals surface area contributed by atoms with Gasteiger partial charge in [0, 0.05) is 17.8 Å². The zero-order chi connectivity index (χ0) is 16.9. The Kier molecular flexibility index (Phi) is 5.10. The van der Waals surface area contributed by atoms with E-state index >= 15 is 0 Å². The van der Waals surface area contributed by atoms with Gasteiger partial charge in [0.05, 0.1) is 19.2 Å². The average Bonchev–Trinajstić information content (AvgIpc) is 3.36. The number of carbonyl (C=O) groups is 2. The number of anilines is 1. The van der Waals surface area contributed by atoms with Crippen molar-refractivity contribution in [1.82, 2.24) is 10.3 Å². The molecule has 1 fully saturated rings. The van der Waals surface area contributed by atoms with E-state index in [-0.39, 0.29) is 24.2 Å². The number of hydrogen-bond acceptors (Lipinski definition) is 5. The molecule has 126 valence electrons. The number of thiazole rings is 1. The summed E-state index contributed by atoms with van der Waals surface area (Å²) in [7, 11) is 1.62. The molecule has 24 heavy (non-hydrogen) atoms. The Labute approximate surface area is 144 Å². The highest BCUT2D eigenvalue weighted by Gasteiger charge is 2.30. The summed E-state index contributed by atoms with van der Waals surface area (Å²) < 4.78 is 5.10. The van der Waals surface area contributed by atoms with E-state index in [1.165, 1.54) is 11.3 Å². The number of ether oxygens (including phenoxy) is 1. The molecule has 2 amide bonds. The third kappa shape index (κ3) is 4.55. The van der Waals surface area contributed by atoms with E-state index in [9.17, 15) is 9.59 Å². The Morgan fingerprint density at radius 3 is 2.71 bits per heavy atom. The lowest BCUT2D eigenvalue weighted by Gasteiger charge is -2.05. The molecule has 1 saturated carbocycles. The number of aromatic nitrogens is 1. The highest BCUT2D eigenvalue weighted by molar-refractivity contribution is 7.13. The smallest absolute Gasteiger partial charge is 0.229 e. The van der Waals surface area contributed by atoms with Gasteiger partial charge in [0.15, 0.2) is 5.13 Å². The molecule has 1 heterocycles. The molecule has 0 spiro atoms. The molecule has 0 saturated heterocycles. The summed E-state index contributed by atoms with van der Waals surface area (Å²) in [5, 5.41) is 8.01. The second-order valence-electron chi connectivity index (χ2n) is 5.71. The maximum atomic E-state index is 12.0. The van der Waals surface area contributed by atoms with E-state index in [0.717, 1.165) is 24.2 Å². The number of rotatable bonds is 7. The molecule has 0 bridgehead atoms. The largest absolute Gasteiger partial charge is 0.497 e. The number of amides is 2. The van der Waals surface area contributed by atoms with Crippen molar-refractivity contribution in [3.8, 4) is 5.75 Å². The van der Waals surface area contributed by atoms with Gasteiger partial charge in [-0.1, -0.05) is 12.1 Å². The zero-order valence-corrected chi connectivity index (χ0v) is 14.2. The lowest BCUT2D eigenvalue weighted by atomic mass is 10.2. The number of nitrogens with one attached hydrogen (secondary N) is 2. The molecule has 6 nitrogen and oxygen atoms in total. The van der Waals surface area contributed by atoms with Crippen LogP contribution in [0.5, 0.6) is 5.75 Å². The van der Waals surface area contributed by atoms with Crippen LogP contribution in [0.1, 0.15) is 24.1 Å². The summed E-state index contributed by atoms with van der Waals surface area (Å²) >= 11 is 1.35. The molecule has 7 heteroatoms. The van der Waals surface area contributed by atoms with E-state index in [2.05, 4.69) is 15.6 Å². The van der Waals surface area contributed by atoms with Crippen LogP contribution in [0.2, 0.25) is 0 Å². The van der Waals surface area contributed by atoms with Gasteiger partial charge < -0.3 is 15.4 Å². The minimum atomic E-state index is -0.101. The van der Waals surface area contributed by atoms with Crippen molar-refractivity contribution in [3.05, 3.63) is 40.9 Å². The molecule has 0 radical (unpaired) electrons. The first kappa shape index (κ1) is 16.4. The lowest BCUT2D eigenvalue weighted by molar-refractivity contribution is -0.120. The van der Waals surface area contributed by atoms with E-state index in [4.69, 9.17) is 4.74 Å². The third-order valence-corrected chi connectivity index (χ3v) is 4.53. The van der Waals surface area contributed by atoms with Gasteiger partial charge in [-0.2, -0.15) is 0 Å². The van der Waals surface area contributed by atoms with Crippen molar-refractivity contribution in [3.63, 3.8) is 0 Å². The van der Waals surface area contributed by atoms with Crippen LogP contribution < -0.4 is 15.4 Å². The monoisotopic (exact) mass is 345 g/mol. The molecular weight excluding hydrogens is 326 g/mol. The SMILES string of the molecule is COc1ccc(CNC(=O)Cc2csc(NC(=O)C3CC3)n2)cc1. The van der Waals surface area contributed by atoms with E-state index in [1.807, 2.05) is 24.3 Å². The molecular formula is C17H19N3O3S. The van der Waals surface area contributed by atoms with Crippen LogP contribution in [-0.2, 0) is 22.6 Å². The Bertz CT molecular complexity index is 723. The average molecular weight is 345 g/mol. The number of nitrogens with zero attached hydrogens (tertiary/aromatic N) is 1. The van der Waals surface area contributed by atoms with Crippen molar-refractivity contribution < 1.29 is 14.3 Å². The van der Waals surface area contributed by atoms with Gasteiger partial charge in [-0.05, 0) is 30.5 Å². The van der Waals surface area contributed by atoms with Gasteiger partial charge in [0.1, 0.15) is 5.75 Å². The van der Waals surface area contributed by atoms with Crippen LogP contribution in [-0.4, -0.2) is 23.9 Å². The van der Waals surface area contributed by atoms with Crippen LogP contribution in [0.25, 0.3) is 0 Å². The van der Waals surface area contributed by atoms with Gasteiger partial charge in [0.25, 0.3) is 0 Å². The summed E-state index contributed by atoms with van der Waals surface area (Å²) in [5.41, 5.74) is 1.66. The first-order chi connectivity index (χ1) is 11.6. The molecule has 1 aliphatic carbocycles. The molecule has 2 aromatic rings. The molecule has 0 atom stereocenters. The minimum absolute atomic E-state index is 0.0276. The first-order valence-corrected chi connectivity index (χ1v) is 8.67. The van der Waals surface area contributed by atoms with E-state index < -0.39 is 0 Å². The molecule has 0 aliphatic heterocycles. The second-order valence-corrected chi connectivity index (χ2v) is 6.57. The first-order valence-electron chi connectivity index (χ1n) is 7.79. The maximum absolute atomic E-state index is 12.0. The van der Waals surface area contributed by atoms with Gasteiger partial charge in [-0.3, -0.25) is 9.59 Å². The Morgan fingerprint density at radius 2 is 2.04 bits per heavy atom. The summed E-state index contributed by atoms with van der Waals surface area (Å²) in [6.45, 7) is 0.457. The molecule has 2 N–H and O–H groups in total. The van der Waals surface area contributed by atoms with Crippen molar-refractivity contribution >= 4 is 28.3 Å². The molecule has 1 aromatic heterocycles. The number of benzene rings is 1. The van der Waals surface area contributed by atoms with Crippen molar-refractivity contribution in [2.75, 3.05) is 12.4 Å². The van der Waals surface area contributed by atoms with Crippen LogP contribution in [0.3, 0.4) is 0 Å². The Hall–Kier alpha value is -2.41. The molecule has 1 aromatic carbocycles. The predicted molar refractivity (Wildman–Crippen MR) is 92.0 cm³/mol. The van der Waals surface area contributed by atoms with Gasteiger partial charge in [-0.15, -0.1) is 11.3 Å². The minimum Gasteiger partial charge on any atom is -0.497 e. The highest BCUT2D eigenvalue weighted by Crippen LogP contribution is 2.30.